The van der Waals surface area contributed by atoms with Crippen molar-refractivity contribution in [3.05, 3.63) is 52.8 Å². The third kappa shape index (κ3) is 5.21. The number of anilines is 1. The molecule has 2 aromatic rings. The van der Waals surface area contributed by atoms with E-state index in [1.807, 2.05) is 6.92 Å². The van der Waals surface area contributed by atoms with Crippen LogP contribution in [0, 0.1) is 12.7 Å². The van der Waals surface area contributed by atoms with Gasteiger partial charge in [0.25, 0.3) is 0 Å². The Kier molecular flexibility index (Phi) is 6.59. The number of nitrogens with one attached hydrogen (secondary N) is 1. The lowest BCUT2D eigenvalue weighted by Gasteiger charge is -2.30. The van der Waals surface area contributed by atoms with Gasteiger partial charge in [-0.1, -0.05) is 11.6 Å². The van der Waals surface area contributed by atoms with Crippen molar-refractivity contribution in [2.45, 2.75) is 19.4 Å². The number of amides is 1. The van der Waals surface area contributed by atoms with Gasteiger partial charge in [0.1, 0.15) is 29.6 Å². The summed E-state index contributed by atoms with van der Waals surface area (Å²) >= 11 is 5.49. The number of hydrogen-bond acceptors (Lipinski definition) is 6. The van der Waals surface area contributed by atoms with E-state index in [4.69, 9.17) is 22.1 Å². The first kappa shape index (κ1) is 19.7. The van der Waals surface area contributed by atoms with Crippen LogP contribution in [0.25, 0.3) is 0 Å². The highest BCUT2D eigenvalue weighted by atomic mass is 35.5. The highest BCUT2D eigenvalue weighted by molar-refractivity contribution is 6.30. The lowest BCUT2D eigenvalue weighted by molar-refractivity contribution is -0.105. The van der Waals surface area contributed by atoms with Crippen molar-refractivity contribution >= 4 is 29.5 Å². The Bertz CT molecular complexity index is 779. The lowest BCUT2D eigenvalue weighted by Crippen LogP contribution is -2.38. The zero-order chi connectivity index (χ0) is 19.2. The van der Waals surface area contributed by atoms with E-state index in [0.29, 0.717) is 28.5 Å². The summed E-state index contributed by atoms with van der Waals surface area (Å²) in [5.41, 5.74) is 5.60. The first-order valence-electron chi connectivity index (χ1n) is 7.70. The molecule has 1 amide bonds. The summed E-state index contributed by atoms with van der Waals surface area (Å²) in [4.78, 5) is 22.3. The third-order valence-corrected chi connectivity index (χ3v) is 3.74. The molecule has 9 heteroatoms. The Morgan fingerprint density at radius 1 is 1.38 bits per heavy atom. The Morgan fingerprint density at radius 3 is 2.65 bits per heavy atom. The molecule has 1 unspecified atom stereocenters. The average Bonchev–Trinajstić information content (AvgIpc) is 2.60. The van der Waals surface area contributed by atoms with Crippen LogP contribution < -0.4 is 11.1 Å². The Morgan fingerprint density at radius 2 is 2.08 bits per heavy atom. The Labute approximate surface area is 155 Å². The molecule has 0 saturated heterocycles. The van der Waals surface area contributed by atoms with E-state index < -0.39 is 11.4 Å². The van der Waals surface area contributed by atoms with E-state index in [0.717, 1.165) is 5.82 Å². The number of carbonyl (C=O) groups excluding carboxylic acids is 1. The molecule has 1 aliphatic rings. The predicted molar refractivity (Wildman–Crippen MR) is 97.7 cm³/mol. The number of ether oxygens (including phenoxy) is 1. The molecule has 0 bridgehead atoms. The maximum absolute atomic E-state index is 13.9. The maximum Gasteiger partial charge on any atom is 0.211 e. The number of aromatic nitrogens is 2. The molecule has 0 saturated carbocycles. The lowest BCUT2D eigenvalue weighted by atomic mass is 9.92. The number of nitrogens with two attached hydrogens (primary N) is 1. The highest BCUT2D eigenvalue weighted by Gasteiger charge is 2.32. The number of rotatable bonds is 3. The van der Waals surface area contributed by atoms with Crippen LogP contribution in [0.15, 0.2) is 35.6 Å². The third-order valence-electron chi connectivity index (χ3n) is 3.55. The molecule has 0 radical (unpaired) electrons. The molecule has 7 nitrogen and oxygen atoms in total. The van der Waals surface area contributed by atoms with E-state index in [9.17, 15) is 9.18 Å². The van der Waals surface area contributed by atoms with Crippen LogP contribution in [-0.2, 0) is 15.1 Å². The van der Waals surface area contributed by atoms with Crippen LogP contribution in [0.2, 0.25) is 5.02 Å². The van der Waals surface area contributed by atoms with Gasteiger partial charge in [0.05, 0.1) is 11.6 Å². The normalized spacial score (nSPS) is 19.0. The molecule has 1 aromatic heterocycles. The van der Waals surface area contributed by atoms with Crippen molar-refractivity contribution in [1.29, 1.82) is 0 Å². The average molecular weight is 380 g/mol. The van der Waals surface area contributed by atoms with Gasteiger partial charge in [-0.3, -0.25) is 9.79 Å². The largest absolute Gasteiger partial charge is 0.386 e. The molecule has 0 spiro atoms. The van der Waals surface area contributed by atoms with Crippen molar-refractivity contribution < 1.29 is 13.9 Å². The smallest absolute Gasteiger partial charge is 0.211 e. The molecule has 2 heterocycles. The van der Waals surface area contributed by atoms with Gasteiger partial charge in [-0.25, -0.2) is 14.4 Å². The van der Waals surface area contributed by atoms with Crippen LogP contribution in [0.4, 0.5) is 10.1 Å². The summed E-state index contributed by atoms with van der Waals surface area (Å²) in [6, 6.07) is 4.30. The monoisotopic (exact) mass is 379 g/mol. The van der Waals surface area contributed by atoms with Crippen LogP contribution in [0.3, 0.4) is 0 Å². The van der Waals surface area contributed by atoms with Gasteiger partial charge in [-0.15, -0.1) is 0 Å². The van der Waals surface area contributed by atoms with E-state index in [-0.39, 0.29) is 13.2 Å². The number of halogens is 2. The molecule has 0 aliphatic carbocycles. The van der Waals surface area contributed by atoms with Gasteiger partial charge >= 0.3 is 0 Å². The van der Waals surface area contributed by atoms with Gasteiger partial charge in [0.15, 0.2) is 0 Å². The minimum Gasteiger partial charge on any atom is -0.386 e. The van der Waals surface area contributed by atoms with Crippen molar-refractivity contribution in [3.63, 3.8) is 0 Å². The topological polar surface area (TPSA) is 102 Å². The van der Waals surface area contributed by atoms with Crippen molar-refractivity contribution in [2.75, 3.05) is 18.5 Å². The van der Waals surface area contributed by atoms with E-state index >= 15 is 0 Å². The molecule has 3 N–H and O–H groups in total. The summed E-state index contributed by atoms with van der Waals surface area (Å²) in [5.74, 6) is 0.669. The minimum atomic E-state index is -0.868. The van der Waals surface area contributed by atoms with Crippen molar-refractivity contribution in [3.8, 4) is 0 Å². The second kappa shape index (κ2) is 8.68. The summed E-state index contributed by atoms with van der Waals surface area (Å²) in [6.07, 6.45) is 3.68. The van der Waals surface area contributed by atoms with Crippen LogP contribution in [-0.4, -0.2) is 35.4 Å². The van der Waals surface area contributed by atoms with Crippen LogP contribution in [0.1, 0.15) is 18.3 Å². The van der Waals surface area contributed by atoms with Gasteiger partial charge < -0.3 is 15.8 Å². The van der Waals surface area contributed by atoms with Gasteiger partial charge in [0, 0.05) is 23.6 Å². The number of nitrogens with zero attached hydrogens (tertiary/aromatic N) is 3. The van der Waals surface area contributed by atoms with E-state index in [1.165, 1.54) is 18.2 Å². The maximum atomic E-state index is 13.9. The number of carbonyl (C=O) groups is 1. The van der Waals surface area contributed by atoms with Crippen molar-refractivity contribution in [1.82, 2.24) is 9.97 Å². The molecule has 0 fully saturated rings. The molecule has 1 aliphatic heterocycles. The molecule has 26 heavy (non-hydrogen) atoms. The number of aryl methyl sites for hydroxylation is 1. The van der Waals surface area contributed by atoms with Crippen LogP contribution >= 0.6 is 11.6 Å². The minimum absolute atomic E-state index is 0.245. The van der Waals surface area contributed by atoms with Gasteiger partial charge in [0.2, 0.25) is 6.41 Å². The molecule has 1 aromatic carbocycles. The second-order valence-corrected chi connectivity index (χ2v) is 6.21. The number of benzene rings is 1. The summed E-state index contributed by atoms with van der Waals surface area (Å²) in [7, 11) is 0. The number of amidine groups is 1. The first-order valence-corrected chi connectivity index (χ1v) is 8.08. The molecule has 3 rings (SSSR count). The van der Waals surface area contributed by atoms with Crippen molar-refractivity contribution in [2.24, 2.45) is 10.7 Å². The quantitative estimate of drug-likeness (QED) is 0.797. The summed E-state index contributed by atoms with van der Waals surface area (Å²) < 4.78 is 19.2. The molecule has 138 valence electrons. The first-order chi connectivity index (χ1) is 12.3. The van der Waals surface area contributed by atoms with E-state index in [2.05, 4.69) is 20.3 Å². The zero-order valence-electron chi connectivity index (χ0n) is 14.4. The number of aliphatic imine (C=N–C) groups is 1. The second-order valence-electron chi connectivity index (χ2n) is 5.78. The van der Waals surface area contributed by atoms with Gasteiger partial charge in [-0.2, -0.15) is 0 Å². The standard InChI is InChI=1S/C12H14FN3O2.C5H5ClN2/c1-12(6-18-5-11(14)16-12)9-4-8(15-7-17)2-3-10(9)13;1-4-7-2-5(6)3-8-4/h2-4,7H,5-6H2,1H3,(H2,14,16)(H,15,17);2-3H,1H3. The Balaban J connectivity index is 0.000000254. The molecular formula is C17H19ClFN5O2. The fraction of sp³-hybridized carbons (Fsp3) is 0.294. The summed E-state index contributed by atoms with van der Waals surface area (Å²) in [6.45, 7) is 4.05. The zero-order valence-corrected chi connectivity index (χ0v) is 15.1. The van der Waals surface area contributed by atoms with Crippen LogP contribution in [0.5, 0.6) is 0 Å². The highest BCUT2D eigenvalue weighted by Crippen LogP contribution is 2.31. The SMILES string of the molecule is CC1(c2cc(NC=O)ccc2F)COCC(N)=N1.Cc1ncc(Cl)cn1. The predicted octanol–water partition coefficient (Wildman–Crippen LogP) is 2.44. The molecular weight excluding hydrogens is 361 g/mol. The summed E-state index contributed by atoms with van der Waals surface area (Å²) in [5, 5.41) is 3.05. The molecule has 1 atom stereocenters. The number of hydrogen-bond donors (Lipinski definition) is 2. The van der Waals surface area contributed by atoms with E-state index in [1.54, 1.807) is 19.3 Å². The fourth-order valence-corrected chi connectivity index (χ4v) is 2.44. The Hall–Kier alpha value is -2.58. The van der Waals surface area contributed by atoms with Gasteiger partial charge in [-0.05, 0) is 32.0 Å². The fourth-order valence-electron chi connectivity index (χ4n) is 2.35.